The number of amides is 1. The molecule has 0 spiro atoms. The highest BCUT2D eigenvalue weighted by Gasteiger charge is 2.31. The van der Waals surface area contributed by atoms with Crippen molar-refractivity contribution in [3.8, 4) is 6.07 Å². The Labute approximate surface area is 159 Å². The van der Waals surface area contributed by atoms with Crippen LogP contribution in [0.15, 0.2) is 5.57 Å². The van der Waals surface area contributed by atoms with Crippen LogP contribution >= 0.6 is 0 Å². The lowest BCUT2D eigenvalue weighted by atomic mass is 10.1. The molecule has 2 aliphatic heterocycles. The minimum Gasteiger partial charge on any atom is -0.376 e. The summed E-state index contributed by atoms with van der Waals surface area (Å²) in [6.45, 7) is 4.71. The van der Waals surface area contributed by atoms with Crippen LogP contribution in [0.2, 0.25) is 0 Å². The van der Waals surface area contributed by atoms with Gasteiger partial charge in [0, 0.05) is 24.4 Å². The molecule has 0 radical (unpaired) electrons. The van der Waals surface area contributed by atoms with Gasteiger partial charge in [-0.05, 0) is 39.2 Å². The molecule has 2 fully saturated rings. The fraction of sp³-hybridized carbons (Fsp3) is 0.611. The first-order valence-electron chi connectivity index (χ1n) is 9.08. The van der Waals surface area contributed by atoms with Crippen LogP contribution in [0, 0.1) is 25.2 Å². The van der Waals surface area contributed by atoms with Crippen LogP contribution in [-0.4, -0.2) is 54.9 Å². The third-order valence-electron chi connectivity index (χ3n) is 5.10. The Morgan fingerprint density at radius 1 is 1.44 bits per heavy atom. The predicted molar refractivity (Wildman–Crippen MR) is 99.6 cm³/mol. The summed E-state index contributed by atoms with van der Waals surface area (Å²) in [6.07, 6.45) is 3.95. The average molecular weight is 392 g/mol. The lowest BCUT2D eigenvalue weighted by Gasteiger charge is -2.11. The van der Waals surface area contributed by atoms with Gasteiger partial charge in [-0.15, -0.1) is 0 Å². The summed E-state index contributed by atoms with van der Waals surface area (Å²) in [7, 11) is -3.03. The number of aromatic nitrogens is 2. The molecule has 1 amide bonds. The molecule has 0 aliphatic carbocycles. The number of nitriles is 1. The van der Waals surface area contributed by atoms with Crippen molar-refractivity contribution in [2.75, 3.05) is 24.7 Å². The van der Waals surface area contributed by atoms with Gasteiger partial charge in [-0.3, -0.25) is 9.48 Å². The van der Waals surface area contributed by atoms with Crippen molar-refractivity contribution in [2.24, 2.45) is 0 Å². The highest BCUT2D eigenvalue weighted by atomic mass is 32.2. The van der Waals surface area contributed by atoms with Crippen LogP contribution in [0.25, 0.3) is 6.08 Å². The molecule has 2 saturated heterocycles. The second-order valence-electron chi connectivity index (χ2n) is 7.10. The molecule has 2 aliphatic rings. The van der Waals surface area contributed by atoms with Gasteiger partial charge in [-0.25, -0.2) is 8.42 Å². The van der Waals surface area contributed by atoms with Gasteiger partial charge in [0.1, 0.15) is 11.6 Å². The van der Waals surface area contributed by atoms with Crippen molar-refractivity contribution in [2.45, 2.75) is 45.3 Å². The first-order chi connectivity index (χ1) is 12.8. The summed E-state index contributed by atoms with van der Waals surface area (Å²) < 4.78 is 30.7. The van der Waals surface area contributed by atoms with E-state index in [9.17, 15) is 18.5 Å². The van der Waals surface area contributed by atoms with Crippen LogP contribution in [0.5, 0.6) is 0 Å². The van der Waals surface area contributed by atoms with E-state index in [1.54, 1.807) is 11.6 Å². The van der Waals surface area contributed by atoms with Crippen molar-refractivity contribution in [3.05, 3.63) is 22.5 Å². The molecule has 1 N–H and O–H groups in total. The Balaban J connectivity index is 1.78. The summed E-state index contributed by atoms with van der Waals surface area (Å²) in [6, 6.07) is 1.75. The second-order valence-corrected chi connectivity index (χ2v) is 9.33. The van der Waals surface area contributed by atoms with Crippen LogP contribution < -0.4 is 5.32 Å². The number of hydrogen-bond acceptors (Lipinski definition) is 6. The quantitative estimate of drug-likeness (QED) is 0.592. The predicted octanol–water partition coefficient (Wildman–Crippen LogP) is 1.06. The summed E-state index contributed by atoms with van der Waals surface area (Å²) in [5, 5.41) is 16.6. The van der Waals surface area contributed by atoms with E-state index in [0.717, 1.165) is 18.5 Å². The third kappa shape index (κ3) is 4.39. The maximum absolute atomic E-state index is 12.3. The van der Waals surface area contributed by atoms with Crippen LogP contribution in [0.3, 0.4) is 0 Å². The smallest absolute Gasteiger partial charge is 0.262 e. The minimum atomic E-state index is -3.03. The number of carbonyl (C=O) groups is 1. The molecule has 27 heavy (non-hydrogen) atoms. The SMILES string of the molecule is Cc1nn([C@@H]2CCS(=O)(=O)C2)c(C)c1/C=C(\C#N)C(=O)NC[C@H]1CCCO1. The Morgan fingerprint density at radius 3 is 2.81 bits per heavy atom. The fourth-order valence-corrected chi connectivity index (χ4v) is 5.30. The molecule has 0 unspecified atom stereocenters. The van der Waals surface area contributed by atoms with E-state index in [-0.39, 0.29) is 29.2 Å². The standard InChI is InChI=1S/C18H24N4O4S/c1-12-17(13(2)22(21-12)15-5-7-27(24,25)11-15)8-14(9-19)18(23)20-10-16-4-3-6-26-16/h8,15-16H,3-7,10-11H2,1-2H3,(H,20,23)/b14-8+/t15-,16-/m1/s1. The summed E-state index contributed by atoms with van der Waals surface area (Å²) >= 11 is 0. The number of rotatable bonds is 5. The first-order valence-corrected chi connectivity index (χ1v) is 10.9. The maximum atomic E-state index is 12.3. The van der Waals surface area contributed by atoms with Gasteiger partial charge < -0.3 is 10.1 Å². The van der Waals surface area contributed by atoms with Gasteiger partial charge >= 0.3 is 0 Å². The van der Waals surface area contributed by atoms with E-state index in [2.05, 4.69) is 10.4 Å². The lowest BCUT2D eigenvalue weighted by molar-refractivity contribution is -0.117. The number of nitrogens with zero attached hydrogens (tertiary/aromatic N) is 3. The Morgan fingerprint density at radius 2 is 2.22 bits per heavy atom. The normalized spacial score (nSPS) is 24.7. The van der Waals surface area contributed by atoms with Crippen molar-refractivity contribution in [1.82, 2.24) is 15.1 Å². The van der Waals surface area contributed by atoms with Gasteiger partial charge in [-0.2, -0.15) is 10.4 Å². The van der Waals surface area contributed by atoms with E-state index in [1.165, 1.54) is 6.08 Å². The first kappa shape index (κ1) is 19.6. The van der Waals surface area contributed by atoms with Crippen molar-refractivity contribution in [1.29, 1.82) is 5.26 Å². The fourth-order valence-electron chi connectivity index (χ4n) is 3.61. The number of nitrogens with one attached hydrogen (secondary N) is 1. The molecule has 0 saturated carbocycles. The van der Waals surface area contributed by atoms with Gasteiger partial charge in [0.2, 0.25) is 0 Å². The molecule has 9 heteroatoms. The van der Waals surface area contributed by atoms with Crippen molar-refractivity contribution >= 4 is 21.8 Å². The van der Waals surface area contributed by atoms with E-state index >= 15 is 0 Å². The van der Waals surface area contributed by atoms with Gasteiger partial charge in [0.05, 0.1) is 29.3 Å². The third-order valence-corrected chi connectivity index (χ3v) is 6.85. The van der Waals surface area contributed by atoms with Crippen LogP contribution in [0.4, 0.5) is 0 Å². The molecule has 0 bridgehead atoms. The average Bonchev–Trinajstić information content (AvgIpc) is 3.32. The number of hydrogen-bond donors (Lipinski definition) is 1. The highest BCUT2D eigenvalue weighted by Crippen LogP contribution is 2.27. The molecule has 8 nitrogen and oxygen atoms in total. The van der Waals surface area contributed by atoms with Crippen molar-refractivity contribution < 1.29 is 17.9 Å². The molecule has 1 aromatic rings. The minimum absolute atomic E-state index is 0.00205. The van der Waals surface area contributed by atoms with Gasteiger partial charge in [-0.1, -0.05) is 0 Å². The van der Waals surface area contributed by atoms with Crippen LogP contribution in [-0.2, 0) is 19.4 Å². The Bertz CT molecular complexity index is 905. The highest BCUT2D eigenvalue weighted by molar-refractivity contribution is 7.91. The zero-order chi connectivity index (χ0) is 19.6. The van der Waals surface area contributed by atoms with Gasteiger partial charge in [0.25, 0.3) is 5.91 Å². The molecule has 3 rings (SSSR count). The summed E-state index contributed by atoms with van der Waals surface area (Å²) in [5.41, 5.74) is 2.10. The van der Waals surface area contributed by atoms with Crippen LogP contribution in [0.1, 0.15) is 42.3 Å². The van der Waals surface area contributed by atoms with Gasteiger partial charge in [0.15, 0.2) is 9.84 Å². The molecular formula is C18H24N4O4S. The maximum Gasteiger partial charge on any atom is 0.262 e. The number of carbonyl (C=O) groups excluding carboxylic acids is 1. The van der Waals surface area contributed by atoms with E-state index < -0.39 is 15.7 Å². The molecular weight excluding hydrogens is 368 g/mol. The Hall–Kier alpha value is -2.18. The number of ether oxygens (including phenoxy) is 1. The molecule has 1 aromatic heterocycles. The monoisotopic (exact) mass is 392 g/mol. The molecule has 2 atom stereocenters. The Kier molecular flexibility index (Phi) is 5.67. The topological polar surface area (TPSA) is 114 Å². The van der Waals surface area contributed by atoms with E-state index in [0.29, 0.717) is 30.8 Å². The van der Waals surface area contributed by atoms with E-state index in [4.69, 9.17) is 4.74 Å². The molecule has 146 valence electrons. The largest absolute Gasteiger partial charge is 0.376 e. The summed E-state index contributed by atoms with van der Waals surface area (Å²) in [5.74, 6) is -0.204. The lowest BCUT2D eigenvalue weighted by Crippen LogP contribution is -2.32. The molecule has 0 aromatic carbocycles. The zero-order valence-corrected chi connectivity index (χ0v) is 16.4. The number of sulfone groups is 1. The second kappa shape index (κ2) is 7.82. The van der Waals surface area contributed by atoms with Crippen molar-refractivity contribution in [3.63, 3.8) is 0 Å². The number of aryl methyl sites for hydroxylation is 1. The zero-order valence-electron chi connectivity index (χ0n) is 15.6. The molecule has 3 heterocycles. The van der Waals surface area contributed by atoms with E-state index in [1.807, 2.05) is 13.0 Å². The summed E-state index contributed by atoms with van der Waals surface area (Å²) in [4.78, 5) is 12.3.